The highest BCUT2D eigenvalue weighted by atomic mass is 16.6. The Balaban J connectivity index is 1.54. The zero-order chi connectivity index (χ0) is 22.4. The quantitative estimate of drug-likeness (QED) is 0.777. The number of piperidine rings is 1. The van der Waals surface area contributed by atoms with E-state index >= 15 is 0 Å². The number of ether oxygens (including phenoxy) is 1. The predicted octanol–water partition coefficient (Wildman–Crippen LogP) is 4.29. The van der Waals surface area contributed by atoms with Gasteiger partial charge in [-0.3, -0.25) is 14.9 Å². The Kier molecular flexibility index (Phi) is 7.57. The number of amides is 3. The molecule has 31 heavy (non-hydrogen) atoms. The van der Waals surface area contributed by atoms with Crippen molar-refractivity contribution in [2.24, 2.45) is 5.92 Å². The second kappa shape index (κ2) is 10.2. The lowest BCUT2D eigenvalue weighted by Gasteiger charge is -2.34. The van der Waals surface area contributed by atoms with Crippen molar-refractivity contribution in [2.45, 2.75) is 64.9 Å². The summed E-state index contributed by atoms with van der Waals surface area (Å²) >= 11 is 0. The molecule has 7 nitrogen and oxygen atoms in total. The number of carbonyl (C=O) groups excluding carboxylic acids is 3. The molecule has 3 rings (SSSR count). The molecular weight excluding hydrogens is 394 g/mol. The summed E-state index contributed by atoms with van der Waals surface area (Å²) in [5, 5.41) is 2.68. The molecule has 2 fully saturated rings. The number of hydrogen-bond donors (Lipinski definition) is 1. The maximum atomic E-state index is 13.0. The molecule has 3 amide bonds. The van der Waals surface area contributed by atoms with Crippen LogP contribution in [0.4, 0.5) is 10.5 Å². The van der Waals surface area contributed by atoms with Crippen molar-refractivity contribution in [3.63, 3.8) is 0 Å². The molecule has 170 valence electrons. The number of anilines is 1. The van der Waals surface area contributed by atoms with Crippen LogP contribution in [0.2, 0.25) is 0 Å². The lowest BCUT2D eigenvalue weighted by molar-refractivity contribution is -0.136. The fraction of sp³-hybridized carbons (Fsp3) is 0.625. The van der Waals surface area contributed by atoms with Gasteiger partial charge in [-0.05, 0) is 64.7 Å². The Morgan fingerprint density at radius 2 is 1.58 bits per heavy atom. The van der Waals surface area contributed by atoms with Crippen LogP contribution in [-0.2, 0) is 9.53 Å². The first-order chi connectivity index (χ1) is 14.7. The average molecular weight is 430 g/mol. The maximum absolute atomic E-state index is 13.0. The van der Waals surface area contributed by atoms with Crippen LogP contribution in [0.15, 0.2) is 24.3 Å². The first kappa shape index (κ1) is 23.1. The van der Waals surface area contributed by atoms with Gasteiger partial charge < -0.3 is 14.5 Å². The smallest absolute Gasteiger partial charge is 0.412 e. The van der Waals surface area contributed by atoms with Crippen LogP contribution < -0.4 is 5.32 Å². The zero-order valence-corrected chi connectivity index (χ0v) is 19.0. The molecular formula is C24H35N3O4. The topological polar surface area (TPSA) is 79.0 Å². The van der Waals surface area contributed by atoms with Crippen molar-refractivity contribution in [1.82, 2.24) is 9.80 Å². The Hall–Kier alpha value is -2.57. The number of rotatable bonds is 3. The standard InChI is InChI=1S/C24H35N3O4/c1-24(2,3)31-23(30)25-20-10-8-9-19(17-20)22(29)27-15-11-18(12-16-27)21(28)26-13-6-4-5-7-14-26/h8-10,17-18H,4-7,11-16H2,1-3H3,(H,25,30). The summed E-state index contributed by atoms with van der Waals surface area (Å²) in [6, 6.07) is 6.89. The van der Waals surface area contributed by atoms with Gasteiger partial charge in [0, 0.05) is 43.3 Å². The van der Waals surface area contributed by atoms with E-state index in [-0.39, 0.29) is 17.7 Å². The van der Waals surface area contributed by atoms with E-state index in [1.54, 1.807) is 49.9 Å². The molecule has 2 aliphatic heterocycles. The van der Waals surface area contributed by atoms with Gasteiger partial charge in [0.2, 0.25) is 5.91 Å². The first-order valence-corrected chi connectivity index (χ1v) is 11.4. The molecule has 1 aromatic carbocycles. The summed E-state index contributed by atoms with van der Waals surface area (Å²) in [5.41, 5.74) is 0.448. The van der Waals surface area contributed by atoms with Crippen molar-refractivity contribution in [3.05, 3.63) is 29.8 Å². The van der Waals surface area contributed by atoms with E-state index in [9.17, 15) is 14.4 Å². The monoisotopic (exact) mass is 429 g/mol. The number of carbonyl (C=O) groups is 3. The fourth-order valence-electron chi connectivity index (χ4n) is 4.21. The van der Waals surface area contributed by atoms with E-state index in [0.29, 0.717) is 37.2 Å². The van der Waals surface area contributed by atoms with Gasteiger partial charge in [0.05, 0.1) is 0 Å². The molecule has 0 unspecified atom stereocenters. The first-order valence-electron chi connectivity index (χ1n) is 11.4. The third kappa shape index (κ3) is 6.71. The molecule has 0 saturated carbocycles. The van der Waals surface area contributed by atoms with Crippen molar-refractivity contribution in [1.29, 1.82) is 0 Å². The summed E-state index contributed by atoms with van der Waals surface area (Å²) in [7, 11) is 0. The Labute approximate surface area is 185 Å². The Morgan fingerprint density at radius 3 is 2.19 bits per heavy atom. The molecule has 0 aliphatic carbocycles. The number of nitrogens with one attached hydrogen (secondary N) is 1. The molecule has 1 N–H and O–H groups in total. The van der Waals surface area contributed by atoms with Crippen LogP contribution in [-0.4, -0.2) is 59.5 Å². The van der Waals surface area contributed by atoms with Gasteiger partial charge in [0.25, 0.3) is 5.91 Å². The molecule has 0 spiro atoms. The van der Waals surface area contributed by atoms with Crippen LogP contribution in [0.1, 0.15) is 69.7 Å². The van der Waals surface area contributed by atoms with Gasteiger partial charge in [0.1, 0.15) is 5.60 Å². The molecule has 7 heteroatoms. The van der Waals surface area contributed by atoms with E-state index < -0.39 is 11.7 Å². The Morgan fingerprint density at radius 1 is 0.935 bits per heavy atom. The van der Waals surface area contributed by atoms with Crippen molar-refractivity contribution >= 4 is 23.6 Å². The molecule has 0 aromatic heterocycles. The predicted molar refractivity (Wildman–Crippen MR) is 120 cm³/mol. The summed E-state index contributed by atoms with van der Waals surface area (Å²) in [6.07, 6.45) is 5.46. The summed E-state index contributed by atoms with van der Waals surface area (Å²) in [4.78, 5) is 41.7. The van der Waals surface area contributed by atoms with E-state index in [1.165, 1.54) is 12.8 Å². The molecule has 0 atom stereocenters. The van der Waals surface area contributed by atoms with E-state index in [4.69, 9.17) is 4.74 Å². The van der Waals surface area contributed by atoms with Crippen LogP contribution in [0.5, 0.6) is 0 Å². The van der Waals surface area contributed by atoms with Gasteiger partial charge >= 0.3 is 6.09 Å². The SMILES string of the molecule is CC(C)(C)OC(=O)Nc1cccc(C(=O)N2CCC(C(=O)N3CCCCCC3)CC2)c1. The second-order valence-corrected chi connectivity index (χ2v) is 9.51. The van der Waals surface area contributed by atoms with Crippen LogP contribution >= 0.6 is 0 Å². The summed E-state index contributed by atoms with van der Waals surface area (Å²) in [6.45, 7) is 8.29. The van der Waals surface area contributed by atoms with E-state index in [2.05, 4.69) is 5.32 Å². The number of hydrogen-bond acceptors (Lipinski definition) is 4. The van der Waals surface area contributed by atoms with Crippen molar-refractivity contribution in [2.75, 3.05) is 31.5 Å². The molecule has 2 saturated heterocycles. The fourth-order valence-corrected chi connectivity index (χ4v) is 4.21. The zero-order valence-electron chi connectivity index (χ0n) is 19.0. The Bertz CT molecular complexity index is 786. The lowest BCUT2D eigenvalue weighted by atomic mass is 9.94. The van der Waals surface area contributed by atoms with Crippen molar-refractivity contribution in [3.8, 4) is 0 Å². The largest absolute Gasteiger partial charge is 0.444 e. The number of benzene rings is 1. The number of nitrogens with zero attached hydrogens (tertiary/aromatic N) is 2. The minimum atomic E-state index is -0.591. The number of likely N-dealkylation sites (tertiary alicyclic amines) is 2. The van der Waals surface area contributed by atoms with E-state index in [0.717, 1.165) is 25.9 Å². The van der Waals surface area contributed by atoms with Gasteiger partial charge in [-0.1, -0.05) is 18.9 Å². The van der Waals surface area contributed by atoms with Crippen LogP contribution in [0.3, 0.4) is 0 Å². The van der Waals surface area contributed by atoms with Gasteiger partial charge in [-0.25, -0.2) is 4.79 Å². The molecule has 1 aromatic rings. The average Bonchev–Trinajstić information content (AvgIpc) is 3.01. The summed E-state index contributed by atoms with van der Waals surface area (Å²) < 4.78 is 5.27. The maximum Gasteiger partial charge on any atom is 0.412 e. The van der Waals surface area contributed by atoms with Crippen molar-refractivity contribution < 1.29 is 19.1 Å². The third-order valence-corrected chi connectivity index (χ3v) is 5.80. The highest BCUT2D eigenvalue weighted by Gasteiger charge is 2.30. The van der Waals surface area contributed by atoms with Gasteiger partial charge in [-0.2, -0.15) is 0 Å². The van der Waals surface area contributed by atoms with Crippen LogP contribution in [0, 0.1) is 5.92 Å². The normalized spacial score (nSPS) is 18.3. The molecule has 2 aliphatic rings. The minimum absolute atomic E-state index is 0.0160. The van der Waals surface area contributed by atoms with Crippen LogP contribution in [0.25, 0.3) is 0 Å². The van der Waals surface area contributed by atoms with E-state index in [1.807, 2.05) is 4.90 Å². The molecule has 0 bridgehead atoms. The summed E-state index contributed by atoms with van der Waals surface area (Å²) in [5.74, 6) is 0.202. The lowest BCUT2D eigenvalue weighted by Crippen LogP contribution is -2.44. The molecule has 0 radical (unpaired) electrons. The third-order valence-electron chi connectivity index (χ3n) is 5.80. The highest BCUT2D eigenvalue weighted by molar-refractivity contribution is 5.96. The molecule has 2 heterocycles. The minimum Gasteiger partial charge on any atom is -0.444 e. The van der Waals surface area contributed by atoms with Gasteiger partial charge in [0.15, 0.2) is 0 Å². The second-order valence-electron chi connectivity index (χ2n) is 9.51. The highest BCUT2D eigenvalue weighted by Crippen LogP contribution is 2.24. The van der Waals surface area contributed by atoms with Gasteiger partial charge in [-0.15, -0.1) is 0 Å².